The summed E-state index contributed by atoms with van der Waals surface area (Å²) in [5, 5.41) is 3.68. The van der Waals surface area contributed by atoms with Crippen molar-refractivity contribution in [2.75, 3.05) is 7.05 Å². The van der Waals surface area contributed by atoms with Crippen molar-refractivity contribution in [1.82, 2.24) is 0 Å². The number of rotatable bonds is 0. The molecule has 0 atom stereocenters. The molecule has 0 radical (unpaired) electrons. The van der Waals surface area contributed by atoms with Crippen LogP contribution in [0.5, 0.6) is 0 Å². The minimum absolute atomic E-state index is 0.896. The van der Waals surface area contributed by atoms with Gasteiger partial charge in [-0.15, -0.1) is 0 Å². The molecule has 1 aliphatic carbocycles. The highest BCUT2D eigenvalue weighted by Gasteiger charge is 2.11. The standard InChI is InChI=1S/C7H13N3/c1-9-6-3-2-4-7(5-6)10-8/h2-5,8H2,1H3/b9-6?,10-7+. The fourth-order valence-corrected chi connectivity index (χ4v) is 1.21. The SMILES string of the molecule is CN=C1CCC/C(=N\N)C1. The van der Waals surface area contributed by atoms with Gasteiger partial charge in [0.2, 0.25) is 0 Å². The molecule has 0 aromatic rings. The number of nitrogens with zero attached hydrogens (tertiary/aromatic N) is 2. The molecule has 0 aliphatic heterocycles. The smallest absolute Gasteiger partial charge is 0.0431 e. The monoisotopic (exact) mass is 139 g/mol. The Labute approximate surface area is 61.0 Å². The molecule has 0 aromatic carbocycles. The first-order valence-electron chi connectivity index (χ1n) is 3.57. The molecule has 1 rings (SSSR count). The minimum atomic E-state index is 0.896. The van der Waals surface area contributed by atoms with Crippen LogP contribution in [0.3, 0.4) is 0 Å². The van der Waals surface area contributed by atoms with E-state index in [2.05, 4.69) is 10.1 Å². The van der Waals surface area contributed by atoms with Crippen molar-refractivity contribution in [2.24, 2.45) is 15.9 Å². The summed E-state index contributed by atoms with van der Waals surface area (Å²) in [5.74, 6) is 5.15. The van der Waals surface area contributed by atoms with E-state index in [0.717, 1.165) is 31.4 Å². The molecule has 3 heteroatoms. The van der Waals surface area contributed by atoms with Gasteiger partial charge in [0, 0.05) is 24.9 Å². The van der Waals surface area contributed by atoms with Crippen LogP contribution in [-0.4, -0.2) is 18.5 Å². The normalized spacial score (nSPS) is 27.7. The summed E-state index contributed by atoms with van der Waals surface area (Å²) in [6.45, 7) is 0. The molecule has 10 heavy (non-hydrogen) atoms. The van der Waals surface area contributed by atoms with Gasteiger partial charge in [-0.25, -0.2) is 0 Å². The van der Waals surface area contributed by atoms with Gasteiger partial charge in [-0.1, -0.05) is 0 Å². The highest BCUT2D eigenvalue weighted by atomic mass is 15.1. The van der Waals surface area contributed by atoms with Gasteiger partial charge in [-0.3, -0.25) is 4.99 Å². The average molecular weight is 139 g/mol. The predicted octanol–water partition coefficient (Wildman–Crippen LogP) is 0.946. The number of aliphatic imine (C=N–C) groups is 1. The second-order valence-corrected chi connectivity index (χ2v) is 2.52. The van der Waals surface area contributed by atoms with Crippen LogP contribution in [0.25, 0.3) is 0 Å². The molecule has 2 N–H and O–H groups in total. The zero-order chi connectivity index (χ0) is 7.40. The third-order valence-corrected chi connectivity index (χ3v) is 1.84. The predicted molar refractivity (Wildman–Crippen MR) is 43.4 cm³/mol. The first-order chi connectivity index (χ1) is 4.86. The number of hydrogen-bond donors (Lipinski definition) is 1. The van der Waals surface area contributed by atoms with Crippen LogP contribution in [0.1, 0.15) is 25.7 Å². The Hall–Kier alpha value is -0.860. The summed E-state index contributed by atoms with van der Waals surface area (Å²) in [6.07, 6.45) is 4.22. The maximum Gasteiger partial charge on any atom is 0.0431 e. The Kier molecular flexibility index (Phi) is 2.42. The van der Waals surface area contributed by atoms with Gasteiger partial charge in [-0.2, -0.15) is 5.10 Å². The summed E-state index contributed by atoms with van der Waals surface area (Å²) in [5.41, 5.74) is 2.32. The van der Waals surface area contributed by atoms with Crippen molar-refractivity contribution in [3.63, 3.8) is 0 Å². The molecule has 0 bridgehead atoms. The molecule has 1 saturated carbocycles. The quantitative estimate of drug-likeness (QED) is 0.394. The fraction of sp³-hybridized carbons (Fsp3) is 0.714. The van der Waals surface area contributed by atoms with Crippen LogP contribution in [-0.2, 0) is 0 Å². The van der Waals surface area contributed by atoms with Crippen molar-refractivity contribution in [1.29, 1.82) is 0 Å². The number of hydrogen-bond acceptors (Lipinski definition) is 3. The Balaban J connectivity index is 2.56. The number of nitrogens with two attached hydrogens (primary N) is 1. The molecular weight excluding hydrogens is 126 g/mol. The van der Waals surface area contributed by atoms with Gasteiger partial charge in [0.15, 0.2) is 0 Å². The van der Waals surface area contributed by atoms with Gasteiger partial charge in [0.05, 0.1) is 0 Å². The van der Waals surface area contributed by atoms with Crippen LogP contribution in [0.15, 0.2) is 10.1 Å². The summed E-state index contributed by atoms with van der Waals surface area (Å²) in [6, 6.07) is 0. The lowest BCUT2D eigenvalue weighted by molar-refractivity contribution is 0.865. The minimum Gasteiger partial charge on any atom is -0.323 e. The van der Waals surface area contributed by atoms with Gasteiger partial charge >= 0.3 is 0 Å². The Morgan fingerprint density at radius 2 is 2.00 bits per heavy atom. The van der Waals surface area contributed by atoms with E-state index < -0.39 is 0 Å². The van der Waals surface area contributed by atoms with E-state index in [4.69, 9.17) is 5.84 Å². The molecule has 0 unspecified atom stereocenters. The molecule has 56 valence electrons. The van der Waals surface area contributed by atoms with E-state index >= 15 is 0 Å². The molecule has 0 saturated heterocycles. The Morgan fingerprint density at radius 3 is 2.60 bits per heavy atom. The topological polar surface area (TPSA) is 50.7 Å². The molecule has 0 heterocycles. The summed E-state index contributed by atoms with van der Waals surface area (Å²) < 4.78 is 0. The van der Waals surface area contributed by atoms with E-state index in [-0.39, 0.29) is 0 Å². The first-order valence-corrected chi connectivity index (χ1v) is 3.57. The molecular formula is C7H13N3. The van der Waals surface area contributed by atoms with Crippen molar-refractivity contribution in [2.45, 2.75) is 25.7 Å². The third-order valence-electron chi connectivity index (χ3n) is 1.84. The number of hydrazone groups is 1. The van der Waals surface area contributed by atoms with Gasteiger partial charge in [0.25, 0.3) is 0 Å². The van der Waals surface area contributed by atoms with Gasteiger partial charge in [-0.05, 0) is 19.3 Å². The van der Waals surface area contributed by atoms with E-state index in [1.54, 1.807) is 0 Å². The maximum atomic E-state index is 5.15. The lowest BCUT2D eigenvalue weighted by Gasteiger charge is -2.13. The van der Waals surface area contributed by atoms with E-state index in [1.807, 2.05) is 7.05 Å². The Bertz CT molecular complexity index is 152. The zero-order valence-corrected chi connectivity index (χ0v) is 6.30. The second kappa shape index (κ2) is 3.34. The van der Waals surface area contributed by atoms with Crippen molar-refractivity contribution < 1.29 is 0 Å². The Morgan fingerprint density at radius 1 is 1.30 bits per heavy atom. The molecule has 0 amide bonds. The van der Waals surface area contributed by atoms with Gasteiger partial charge < -0.3 is 5.84 Å². The second-order valence-electron chi connectivity index (χ2n) is 2.52. The molecule has 1 aliphatic rings. The molecule has 0 aromatic heterocycles. The summed E-state index contributed by atoms with van der Waals surface area (Å²) in [4.78, 5) is 4.13. The van der Waals surface area contributed by atoms with Crippen LogP contribution in [0, 0.1) is 0 Å². The highest BCUT2D eigenvalue weighted by molar-refractivity contribution is 6.06. The van der Waals surface area contributed by atoms with Crippen LogP contribution in [0.4, 0.5) is 0 Å². The summed E-state index contributed by atoms with van der Waals surface area (Å²) >= 11 is 0. The fourth-order valence-electron chi connectivity index (χ4n) is 1.21. The first kappa shape index (κ1) is 7.25. The van der Waals surface area contributed by atoms with Crippen LogP contribution in [0.2, 0.25) is 0 Å². The highest BCUT2D eigenvalue weighted by Crippen LogP contribution is 2.12. The largest absolute Gasteiger partial charge is 0.323 e. The van der Waals surface area contributed by atoms with E-state index in [9.17, 15) is 0 Å². The lowest BCUT2D eigenvalue weighted by atomic mass is 9.96. The third kappa shape index (κ3) is 1.56. The van der Waals surface area contributed by atoms with Crippen molar-refractivity contribution in [3.05, 3.63) is 0 Å². The van der Waals surface area contributed by atoms with Crippen molar-refractivity contribution in [3.8, 4) is 0 Å². The van der Waals surface area contributed by atoms with Gasteiger partial charge in [0.1, 0.15) is 0 Å². The molecule has 3 nitrogen and oxygen atoms in total. The zero-order valence-electron chi connectivity index (χ0n) is 6.30. The van der Waals surface area contributed by atoms with Crippen LogP contribution < -0.4 is 5.84 Å². The maximum absolute atomic E-state index is 5.15. The average Bonchev–Trinajstić information content (AvgIpc) is 2.05. The molecule has 1 fully saturated rings. The molecule has 0 spiro atoms. The lowest BCUT2D eigenvalue weighted by Crippen LogP contribution is -2.15. The van der Waals surface area contributed by atoms with Crippen LogP contribution >= 0.6 is 0 Å². The van der Waals surface area contributed by atoms with Crippen molar-refractivity contribution >= 4 is 11.4 Å². The van der Waals surface area contributed by atoms with E-state index in [0.29, 0.717) is 0 Å². The summed E-state index contributed by atoms with van der Waals surface area (Å²) in [7, 11) is 1.83. The van der Waals surface area contributed by atoms with E-state index in [1.165, 1.54) is 5.71 Å².